The van der Waals surface area contributed by atoms with Crippen molar-refractivity contribution >= 4 is 33.6 Å². The monoisotopic (exact) mass is 963 g/mol. The zero-order valence-corrected chi connectivity index (χ0v) is 41.7. The Morgan fingerprint density at radius 3 is 1.70 bits per heavy atom. The number of nitrogens with zero attached hydrogens (tertiary/aromatic N) is 5. The Bertz CT molecular complexity index is 2920. The Balaban J connectivity index is 0.000000166. The number of para-hydroxylation sites is 2. The quantitative estimate of drug-likeness (QED) is 0.108. The molecule has 5 aliphatic heterocycles. The number of amides is 2. The molecule has 6 aromatic rings. The number of ether oxygens (including phenoxy) is 6. The third-order valence-corrected chi connectivity index (χ3v) is 13.9. The molecular formula is C56H65N7O8. The maximum absolute atomic E-state index is 14.1. The number of fused-ring (bicyclic) bond motifs is 4. The molecule has 15 heteroatoms. The molecule has 7 heterocycles. The standard InChI is InChI=1S/C30H36N4O4.C26H29N3O4/c1-30(2)37-27-14-22(13-26(36-3)28(27)38-30)29(35)34(18-23-11-10-21-7-4-5-9-25(21)32-23)19-24-8-6-12-33(24)17-20-15-31-16-20;1-26(2)32-23-14-18(13-22(31-3)24(23)33-26)25(30)29(15-19-8-6-12-27-19)16-20-11-10-17-7-4-5-9-21(17)28-20/h4-5,7,9-11,13-14,20,24,31H,6,8,12,15-19H2,1-3H3;4-5,7,9-11,13-14,19,27H,6,8,12,15-16H2,1-3H3/t24-;19-/m00/s1. The molecule has 2 atom stereocenters. The van der Waals surface area contributed by atoms with Gasteiger partial charge in [0.2, 0.25) is 23.1 Å². The first-order valence-electron chi connectivity index (χ1n) is 25.0. The molecule has 3 saturated heterocycles. The lowest BCUT2D eigenvalue weighted by molar-refractivity contribution is -0.0445. The van der Waals surface area contributed by atoms with E-state index in [0.717, 1.165) is 91.6 Å². The van der Waals surface area contributed by atoms with Gasteiger partial charge in [0.15, 0.2) is 23.0 Å². The molecule has 5 aliphatic rings. The number of carbonyl (C=O) groups is 2. The average Bonchev–Trinajstić information content (AvgIpc) is 4.16. The molecule has 0 spiro atoms. The van der Waals surface area contributed by atoms with Crippen LogP contribution in [0, 0.1) is 5.92 Å². The summed E-state index contributed by atoms with van der Waals surface area (Å²) < 4.78 is 34.8. The van der Waals surface area contributed by atoms with Gasteiger partial charge in [-0.3, -0.25) is 24.5 Å². The molecule has 11 rings (SSSR count). The third kappa shape index (κ3) is 10.8. The van der Waals surface area contributed by atoms with E-state index in [9.17, 15) is 9.59 Å². The second-order valence-corrected chi connectivity index (χ2v) is 20.2. The first kappa shape index (κ1) is 48.0. The molecule has 2 aromatic heterocycles. The zero-order valence-electron chi connectivity index (χ0n) is 41.7. The number of methoxy groups -OCH3 is 2. The predicted octanol–water partition coefficient (Wildman–Crippen LogP) is 8.22. The molecular weight excluding hydrogens is 899 g/mol. The summed E-state index contributed by atoms with van der Waals surface area (Å²) in [5, 5.41) is 9.06. The maximum atomic E-state index is 14.1. The summed E-state index contributed by atoms with van der Waals surface area (Å²) in [4.78, 5) is 43.9. The fourth-order valence-electron chi connectivity index (χ4n) is 10.3. The molecule has 0 radical (unpaired) electrons. The summed E-state index contributed by atoms with van der Waals surface area (Å²) in [6, 6.07) is 31.9. The van der Waals surface area contributed by atoms with E-state index in [4.69, 9.17) is 38.4 Å². The second-order valence-electron chi connectivity index (χ2n) is 20.2. The van der Waals surface area contributed by atoms with Crippen molar-refractivity contribution < 1.29 is 38.0 Å². The van der Waals surface area contributed by atoms with Crippen molar-refractivity contribution in [2.75, 3.05) is 60.0 Å². The van der Waals surface area contributed by atoms with E-state index < -0.39 is 11.6 Å². The van der Waals surface area contributed by atoms with E-state index in [1.165, 1.54) is 0 Å². The molecule has 0 unspecified atom stereocenters. The number of aromatic nitrogens is 2. The minimum atomic E-state index is -0.813. The number of carbonyl (C=O) groups excluding carboxylic acids is 2. The summed E-state index contributed by atoms with van der Waals surface area (Å²) in [6.45, 7) is 14.8. The minimum absolute atomic E-state index is 0.0634. The summed E-state index contributed by atoms with van der Waals surface area (Å²) in [5.74, 6) is 2.03. The number of hydrogen-bond acceptors (Lipinski definition) is 13. The highest BCUT2D eigenvalue weighted by atomic mass is 16.7. The van der Waals surface area contributed by atoms with Crippen LogP contribution in [0.15, 0.2) is 97.1 Å². The molecule has 15 nitrogen and oxygen atoms in total. The smallest absolute Gasteiger partial charge is 0.254 e. The summed E-state index contributed by atoms with van der Waals surface area (Å²) >= 11 is 0. The van der Waals surface area contributed by atoms with Crippen LogP contribution in [-0.2, 0) is 13.1 Å². The fourth-order valence-corrected chi connectivity index (χ4v) is 10.3. The Morgan fingerprint density at radius 2 is 1.21 bits per heavy atom. The first-order chi connectivity index (χ1) is 34.3. The van der Waals surface area contributed by atoms with Gasteiger partial charge in [-0.1, -0.05) is 48.5 Å². The molecule has 372 valence electrons. The van der Waals surface area contributed by atoms with Gasteiger partial charge in [-0.05, 0) is 93.2 Å². The minimum Gasteiger partial charge on any atom is -0.493 e. The molecule has 2 N–H and O–H groups in total. The Hall–Kier alpha value is -6.68. The molecule has 4 aromatic carbocycles. The fraction of sp³-hybridized carbons (Fsp3) is 0.429. The first-order valence-corrected chi connectivity index (χ1v) is 25.0. The van der Waals surface area contributed by atoms with Crippen LogP contribution in [0.5, 0.6) is 34.5 Å². The van der Waals surface area contributed by atoms with Gasteiger partial charge in [0.1, 0.15) is 0 Å². The van der Waals surface area contributed by atoms with E-state index in [1.54, 1.807) is 38.5 Å². The van der Waals surface area contributed by atoms with Crippen LogP contribution in [0.4, 0.5) is 0 Å². The van der Waals surface area contributed by atoms with Gasteiger partial charge < -0.3 is 48.9 Å². The van der Waals surface area contributed by atoms with E-state index in [0.29, 0.717) is 83.8 Å². The van der Waals surface area contributed by atoms with E-state index in [2.05, 4.69) is 33.7 Å². The second kappa shape index (κ2) is 20.2. The molecule has 0 saturated carbocycles. The van der Waals surface area contributed by atoms with Crippen LogP contribution >= 0.6 is 0 Å². The van der Waals surface area contributed by atoms with Crippen molar-refractivity contribution in [3.8, 4) is 34.5 Å². The van der Waals surface area contributed by atoms with Crippen LogP contribution in [0.3, 0.4) is 0 Å². The van der Waals surface area contributed by atoms with Crippen molar-refractivity contribution in [3.05, 3.63) is 120 Å². The van der Waals surface area contributed by atoms with Crippen LogP contribution in [0.2, 0.25) is 0 Å². The lowest BCUT2D eigenvalue weighted by Crippen LogP contribution is -2.51. The van der Waals surface area contributed by atoms with Crippen molar-refractivity contribution in [2.45, 2.75) is 90.1 Å². The highest BCUT2D eigenvalue weighted by Crippen LogP contribution is 2.48. The van der Waals surface area contributed by atoms with Gasteiger partial charge in [0, 0.05) is 94.4 Å². The van der Waals surface area contributed by atoms with Crippen LogP contribution < -0.4 is 39.1 Å². The highest BCUT2D eigenvalue weighted by molar-refractivity contribution is 5.96. The molecule has 0 aliphatic carbocycles. The number of nitrogens with one attached hydrogen (secondary N) is 2. The van der Waals surface area contributed by atoms with Gasteiger partial charge in [-0.25, -0.2) is 0 Å². The maximum Gasteiger partial charge on any atom is 0.254 e. The van der Waals surface area contributed by atoms with Gasteiger partial charge in [0.05, 0.1) is 49.7 Å². The Kier molecular flexibility index (Phi) is 13.7. The zero-order chi connectivity index (χ0) is 49.3. The number of rotatable bonds is 14. The molecule has 0 bridgehead atoms. The van der Waals surface area contributed by atoms with Gasteiger partial charge >= 0.3 is 0 Å². The van der Waals surface area contributed by atoms with Gasteiger partial charge in [-0.2, -0.15) is 0 Å². The number of hydrogen-bond donors (Lipinski definition) is 2. The molecule has 3 fully saturated rings. The molecule has 2 amide bonds. The average molecular weight is 964 g/mol. The predicted molar refractivity (Wildman–Crippen MR) is 272 cm³/mol. The van der Waals surface area contributed by atoms with Crippen molar-refractivity contribution in [3.63, 3.8) is 0 Å². The van der Waals surface area contributed by atoms with Gasteiger partial charge in [-0.15, -0.1) is 0 Å². The lowest BCUT2D eigenvalue weighted by atomic mass is 10.0. The largest absolute Gasteiger partial charge is 0.493 e. The highest BCUT2D eigenvalue weighted by Gasteiger charge is 2.38. The summed E-state index contributed by atoms with van der Waals surface area (Å²) in [6.07, 6.45) is 4.42. The summed E-state index contributed by atoms with van der Waals surface area (Å²) in [7, 11) is 3.15. The van der Waals surface area contributed by atoms with Crippen LogP contribution in [-0.4, -0.2) is 120 Å². The van der Waals surface area contributed by atoms with Gasteiger partial charge in [0.25, 0.3) is 11.8 Å². The SMILES string of the molecule is COc1cc(C(=O)N(Cc2ccc3ccccc3n2)C[C@@H]2CCCN2)cc2c1OC(C)(C)O2.COc1cc(C(=O)N(Cc2ccc3ccccc3n2)C[C@@H]2CCCN2CC2CNC2)cc2c1OC(C)(C)O2. The van der Waals surface area contributed by atoms with Crippen LogP contribution in [0.1, 0.15) is 85.5 Å². The van der Waals surface area contributed by atoms with E-state index >= 15 is 0 Å². The van der Waals surface area contributed by atoms with Crippen molar-refractivity contribution in [1.29, 1.82) is 0 Å². The third-order valence-electron chi connectivity index (χ3n) is 13.9. The normalized spacial score (nSPS) is 19.5. The number of pyridine rings is 2. The Labute approximate surface area is 415 Å². The summed E-state index contributed by atoms with van der Waals surface area (Å²) in [5.41, 5.74) is 4.62. The topological polar surface area (TPSA) is 149 Å². The van der Waals surface area contributed by atoms with E-state index in [-0.39, 0.29) is 17.9 Å². The number of likely N-dealkylation sites (tertiary alicyclic amines) is 1. The molecule has 71 heavy (non-hydrogen) atoms. The van der Waals surface area contributed by atoms with Crippen molar-refractivity contribution in [1.82, 2.24) is 35.3 Å². The van der Waals surface area contributed by atoms with Crippen molar-refractivity contribution in [2.24, 2.45) is 5.92 Å². The van der Waals surface area contributed by atoms with E-state index in [1.807, 2.05) is 92.1 Å². The van der Waals surface area contributed by atoms with Crippen LogP contribution in [0.25, 0.3) is 21.8 Å². The Morgan fingerprint density at radius 1 is 0.676 bits per heavy atom. The number of benzene rings is 4. The lowest BCUT2D eigenvalue weighted by Gasteiger charge is -2.36.